The van der Waals surface area contributed by atoms with E-state index in [1.165, 1.54) is 19.1 Å². The number of amides is 2. The summed E-state index contributed by atoms with van der Waals surface area (Å²) in [5, 5.41) is 12.4. The number of anilines is 3. The summed E-state index contributed by atoms with van der Waals surface area (Å²) in [7, 11) is -3.96. The third kappa shape index (κ3) is 5.22. The quantitative estimate of drug-likeness (QED) is 0.653. The van der Waals surface area contributed by atoms with Gasteiger partial charge < -0.3 is 10.6 Å². The molecule has 0 bridgehead atoms. The van der Waals surface area contributed by atoms with Crippen molar-refractivity contribution in [2.75, 3.05) is 15.4 Å². The largest absolute Gasteiger partial charge is 0.326 e. The topological polar surface area (TPSA) is 130 Å². The summed E-state index contributed by atoms with van der Waals surface area (Å²) in [6.07, 6.45) is 0. The Morgan fingerprint density at radius 1 is 1.12 bits per heavy atom. The van der Waals surface area contributed by atoms with Crippen LogP contribution in [0.25, 0.3) is 0 Å². The standard InChI is InChI=1S/C14H17N5O4S2/c1-8(2)12(21)16-13-17-18-14(24-13)25(22,23)19-11-6-4-5-10(7-11)15-9(3)20/h4-8,19H,1-3H3,(H,15,20)(H,16,17,21). The number of hydrogen-bond acceptors (Lipinski definition) is 7. The van der Waals surface area contributed by atoms with E-state index in [9.17, 15) is 18.0 Å². The van der Waals surface area contributed by atoms with E-state index >= 15 is 0 Å². The number of aromatic nitrogens is 2. The van der Waals surface area contributed by atoms with Crippen LogP contribution in [0.1, 0.15) is 20.8 Å². The highest BCUT2D eigenvalue weighted by molar-refractivity contribution is 7.94. The molecule has 0 aliphatic heterocycles. The second-order valence-electron chi connectivity index (χ2n) is 5.38. The average molecular weight is 383 g/mol. The zero-order chi connectivity index (χ0) is 18.6. The summed E-state index contributed by atoms with van der Waals surface area (Å²) in [5.74, 6) is -0.815. The average Bonchev–Trinajstić information content (AvgIpc) is 2.95. The normalized spacial score (nSPS) is 11.2. The molecule has 2 rings (SSSR count). The first-order valence-corrected chi connectivity index (χ1v) is 9.52. The number of benzene rings is 1. The summed E-state index contributed by atoms with van der Waals surface area (Å²) in [5.41, 5.74) is 0.712. The van der Waals surface area contributed by atoms with Crippen LogP contribution >= 0.6 is 11.3 Å². The van der Waals surface area contributed by atoms with Gasteiger partial charge in [-0.25, -0.2) is 0 Å². The molecule has 1 aromatic carbocycles. The molecule has 0 radical (unpaired) electrons. The maximum absolute atomic E-state index is 12.4. The molecule has 2 aromatic rings. The molecule has 25 heavy (non-hydrogen) atoms. The zero-order valence-electron chi connectivity index (χ0n) is 13.7. The molecule has 1 aromatic heterocycles. The molecular formula is C14H17N5O4S2. The Labute approximate surface area is 148 Å². The van der Waals surface area contributed by atoms with Crippen LogP contribution in [-0.2, 0) is 19.6 Å². The van der Waals surface area contributed by atoms with E-state index in [0.29, 0.717) is 5.69 Å². The van der Waals surface area contributed by atoms with Crippen LogP contribution < -0.4 is 15.4 Å². The summed E-state index contributed by atoms with van der Waals surface area (Å²) in [6.45, 7) is 4.76. The van der Waals surface area contributed by atoms with Gasteiger partial charge in [0, 0.05) is 18.5 Å². The number of rotatable bonds is 6. The molecule has 9 nitrogen and oxygen atoms in total. The van der Waals surface area contributed by atoms with Gasteiger partial charge in [-0.1, -0.05) is 31.3 Å². The molecular weight excluding hydrogens is 366 g/mol. The van der Waals surface area contributed by atoms with Gasteiger partial charge >= 0.3 is 0 Å². The first kappa shape index (κ1) is 18.8. The first-order valence-electron chi connectivity index (χ1n) is 7.22. The monoisotopic (exact) mass is 383 g/mol. The second kappa shape index (κ2) is 7.57. The van der Waals surface area contributed by atoms with Crippen molar-refractivity contribution in [3.63, 3.8) is 0 Å². The Bertz CT molecular complexity index is 892. The van der Waals surface area contributed by atoms with Crippen LogP contribution in [0.5, 0.6) is 0 Å². The molecule has 0 aliphatic carbocycles. The van der Waals surface area contributed by atoms with Crippen molar-refractivity contribution in [3.05, 3.63) is 24.3 Å². The molecule has 0 aliphatic rings. The molecule has 134 valence electrons. The number of carbonyl (C=O) groups is 2. The lowest BCUT2D eigenvalue weighted by Gasteiger charge is -2.07. The molecule has 2 amide bonds. The molecule has 0 fully saturated rings. The third-order valence-corrected chi connectivity index (χ3v) is 5.41. The Balaban J connectivity index is 2.15. The Morgan fingerprint density at radius 2 is 1.80 bits per heavy atom. The Kier molecular flexibility index (Phi) is 5.69. The van der Waals surface area contributed by atoms with Gasteiger partial charge in [-0.3, -0.25) is 14.3 Å². The highest BCUT2D eigenvalue weighted by atomic mass is 32.2. The van der Waals surface area contributed by atoms with Crippen LogP contribution in [-0.4, -0.2) is 30.4 Å². The highest BCUT2D eigenvalue weighted by Gasteiger charge is 2.21. The molecule has 0 saturated heterocycles. The second-order valence-corrected chi connectivity index (χ2v) is 8.22. The van der Waals surface area contributed by atoms with Crippen molar-refractivity contribution in [2.24, 2.45) is 5.92 Å². The van der Waals surface area contributed by atoms with Crippen molar-refractivity contribution in [1.29, 1.82) is 0 Å². The lowest BCUT2D eigenvalue weighted by atomic mass is 10.2. The molecule has 0 unspecified atom stereocenters. The fraction of sp³-hybridized carbons (Fsp3) is 0.286. The van der Waals surface area contributed by atoms with Crippen molar-refractivity contribution in [1.82, 2.24) is 10.2 Å². The summed E-state index contributed by atoms with van der Waals surface area (Å²) >= 11 is 0.745. The fourth-order valence-corrected chi connectivity index (χ4v) is 3.63. The van der Waals surface area contributed by atoms with E-state index in [1.54, 1.807) is 26.0 Å². The van der Waals surface area contributed by atoms with E-state index in [0.717, 1.165) is 11.3 Å². The van der Waals surface area contributed by atoms with E-state index < -0.39 is 10.0 Å². The molecule has 1 heterocycles. The number of nitrogens with one attached hydrogen (secondary N) is 3. The van der Waals surface area contributed by atoms with E-state index in [1.807, 2.05) is 0 Å². The molecule has 0 spiro atoms. The van der Waals surface area contributed by atoms with Crippen molar-refractivity contribution in [3.8, 4) is 0 Å². The van der Waals surface area contributed by atoms with Crippen LogP contribution in [0.15, 0.2) is 28.6 Å². The Hall–Kier alpha value is -2.53. The van der Waals surface area contributed by atoms with Gasteiger partial charge in [-0.15, -0.1) is 10.2 Å². The first-order chi connectivity index (χ1) is 11.7. The smallest absolute Gasteiger partial charge is 0.291 e. The van der Waals surface area contributed by atoms with Gasteiger partial charge in [0.25, 0.3) is 14.4 Å². The van der Waals surface area contributed by atoms with Crippen LogP contribution in [0.3, 0.4) is 0 Å². The predicted molar refractivity (Wildman–Crippen MR) is 94.9 cm³/mol. The van der Waals surface area contributed by atoms with Gasteiger partial charge in [-0.2, -0.15) is 8.42 Å². The van der Waals surface area contributed by atoms with Crippen molar-refractivity contribution >= 4 is 49.7 Å². The number of sulfonamides is 1. The third-order valence-electron chi connectivity index (χ3n) is 2.83. The van der Waals surface area contributed by atoms with Gasteiger partial charge in [0.1, 0.15) is 0 Å². The van der Waals surface area contributed by atoms with Gasteiger partial charge in [-0.05, 0) is 18.2 Å². The zero-order valence-corrected chi connectivity index (χ0v) is 15.4. The molecule has 11 heteroatoms. The van der Waals surface area contributed by atoms with Crippen molar-refractivity contribution in [2.45, 2.75) is 25.1 Å². The van der Waals surface area contributed by atoms with Crippen LogP contribution in [0.2, 0.25) is 0 Å². The Morgan fingerprint density at radius 3 is 2.44 bits per heavy atom. The molecule has 0 saturated carbocycles. The van der Waals surface area contributed by atoms with Crippen LogP contribution in [0.4, 0.5) is 16.5 Å². The predicted octanol–water partition coefficient (Wildman–Crippen LogP) is 1.89. The van der Waals surface area contributed by atoms with Gasteiger partial charge in [0.05, 0.1) is 5.69 Å². The minimum absolute atomic E-state index is 0.103. The lowest BCUT2D eigenvalue weighted by Crippen LogP contribution is -2.17. The number of nitrogens with zero attached hydrogens (tertiary/aromatic N) is 2. The minimum atomic E-state index is -3.96. The molecule has 0 atom stereocenters. The van der Waals surface area contributed by atoms with E-state index in [4.69, 9.17) is 0 Å². The summed E-state index contributed by atoms with van der Waals surface area (Å²) in [6, 6.07) is 6.23. The van der Waals surface area contributed by atoms with Gasteiger partial charge in [0.15, 0.2) is 0 Å². The SMILES string of the molecule is CC(=O)Nc1cccc(NS(=O)(=O)c2nnc(NC(=O)C(C)C)s2)c1. The van der Waals surface area contributed by atoms with Crippen LogP contribution in [0, 0.1) is 5.92 Å². The summed E-state index contributed by atoms with van der Waals surface area (Å²) in [4.78, 5) is 22.7. The fourth-order valence-electron chi connectivity index (χ4n) is 1.68. The number of hydrogen-bond donors (Lipinski definition) is 3. The van der Waals surface area contributed by atoms with Gasteiger partial charge in [0.2, 0.25) is 16.9 Å². The summed E-state index contributed by atoms with van der Waals surface area (Å²) < 4.78 is 26.8. The van der Waals surface area contributed by atoms with Crippen molar-refractivity contribution < 1.29 is 18.0 Å². The maximum atomic E-state index is 12.4. The number of carbonyl (C=O) groups excluding carboxylic acids is 2. The maximum Gasteiger partial charge on any atom is 0.291 e. The minimum Gasteiger partial charge on any atom is -0.326 e. The lowest BCUT2D eigenvalue weighted by molar-refractivity contribution is -0.119. The van der Waals surface area contributed by atoms with E-state index in [-0.39, 0.29) is 32.9 Å². The molecule has 3 N–H and O–H groups in total. The van der Waals surface area contributed by atoms with E-state index in [2.05, 4.69) is 25.6 Å². The highest BCUT2D eigenvalue weighted by Crippen LogP contribution is 2.24.